The first-order chi connectivity index (χ1) is 7.90. The van der Waals surface area contributed by atoms with Crippen LogP contribution in [0, 0.1) is 0 Å². The van der Waals surface area contributed by atoms with Crippen LogP contribution in [0.1, 0.15) is 25.0 Å². The minimum atomic E-state index is -3.26. The lowest BCUT2D eigenvalue weighted by Gasteiger charge is -2.20. The van der Waals surface area contributed by atoms with Gasteiger partial charge in [0.2, 0.25) is 0 Å². The highest BCUT2D eigenvalue weighted by atomic mass is 32.2. The van der Waals surface area contributed by atoms with Gasteiger partial charge in [0, 0.05) is 6.26 Å². The number of aliphatic hydroxyl groups excluding tert-OH is 1. The second-order valence-electron chi connectivity index (χ2n) is 3.99. The molecule has 0 heterocycles. The third-order valence-electron chi connectivity index (χ3n) is 2.76. The smallest absolute Gasteiger partial charge is 0.153 e. The number of benzene rings is 1. The maximum absolute atomic E-state index is 11.5. The lowest BCUT2D eigenvalue weighted by molar-refractivity contribution is 0.169. The third-order valence-corrected chi connectivity index (χ3v) is 4.45. The van der Waals surface area contributed by atoms with Crippen molar-refractivity contribution in [2.75, 3.05) is 13.4 Å². The summed E-state index contributed by atoms with van der Waals surface area (Å²) in [6.45, 7) is 1.75. The van der Waals surface area contributed by atoms with Gasteiger partial charge in [-0.1, -0.05) is 19.1 Å². The minimum Gasteiger partial charge on any atom is -0.497 e. The molecule has 0 radical (unpaired) electrons. The number of hydrogen-bond donors (Lipinski definition) is 1. The molecule has 17 heavy (non-hydrogen) atoms. The van der Waals surface area contributed by atoms with Crippen molar-refractivity contribution in [3.05, 3.63) is 29.8 Å². The van der Waals surface area contributed by atoms with Crippen LogP contribution in [-0.4, -0.2) is 32.1 Å². The van der Waals surface area contributed by atoms with E-state index in [1.807, 2.05) is 0 Å². The fourth-order valence-electron chi connectivity index (χ4n) is 1.78. The van der Waals surface area contributed by atoms with Gasteiger partial charge in [-0.05, 0) is 24.1 Å². The van der Waals surface area contributed by atoms with Crippen molar-refractivity contribution < 1.29 is 18.3 Å². The van der Waals surface area contributed by atoms with Crippen LogP contribution >= 0.6 is 0 Å². The SMILES string of the molecule is CC[C@@H]([C@@H](O)c1ccc(OC)cc1)S(C)(=O)=O. The summed E-state index contributed by atoms with van der Waals surface area (Å²) in [5, 5.41) is 9.29. The molecule has 1 rings (SSSR count). The van der Waals surface area contributed by atoms with Crippen LogP contribution in [0.4, 0.5) is 0 Å². The van der Waals surface area contributed by atoms with Crippen LogP contribution in [0.3, 0.4) is 0 Å². The monoisotopic (exact) mass is 258 g/mol. The van der Waals surface area contributed by atoms with E-state index in [1.165, 1.54) is 0 Å². The maximum atomic E-state index is 11.5. The van der Waals surface area contributed by atoms with Gasteiger partial charge in [-0.3, -0.25) is 0 Å². The summed E-state index contributed by atoms with van der Waals surface area (Å²) in [6.07, 6.45) is 0.529. The Kier molecular flexibility index (Phi) is 4.54. The molecule has 0 spiro atoms. The second kappa shape index (κ2) is 5.51. The molecule has 4 nitrogen and oxygen atoms in total. The molecule has 0 aromatic heterocycles. The first-order valence-corrected chi connectivity index (χ1v) is 7.36. The van der Waals surface area contributed by atoms with E-state index in [-0.39, 0.29) is 0 Å². The molecule has 0 amide bonds. The highest BCUT2D eigenvalue weighted by Crippen LogP contribution is 2.25. The number of methoxy groups -OCH3 is 1. The molecule has 0 bridgehead atoms. The summed E-state index contributed by atoms with van der Waals surface area (Å²) in [4.78, 5) is 0. The zero-order valence-corrected chi connectivity index (χ0v) is 11.1. The van der Waals surface area contributed by atoms with Gasteiger partial charge in [-0.25, -0.2) is 8.42 Å². The number of aliphatic hydroxyl groups is 1. The van der Waals surface area contributed by atoms with Crippen molar-refractivity contribution in [1.29, 1.82) is 0 Å². The number of ether oxygens (including phenoxy) is 1. The summed E-state index contributed by atoms with van der Waals surface area (Å²) in [7, 11) is -1.71. The molecule has 0 saturated carbocycles. The quantitative estimate of drug-likeness (QED) is 0.870. The van der Waals surface area contributed by atoms with Crippen LogP contribution in [0.15, 0.2) is 24.3 Å². The topological polar surface area (TPSA) is 63.6 Å². The molecule has 0 aliphatic heterocycles. The summed E-state index contributed by atoms with van der Waals surface area (Å²) < 4.78 is 28.0. The lowest BCUT2D eigenvalue weighted by atomic mass is 10.0. The largest absolute Gasteiger partial charge is 0.497 e. The number of rotatable bonds is 5. The second-order valence-corrected chi connectivity index (χ2v) is 6.26. The molecule has 0 saturated heterocycles. The van der Waals surface area contributed by atoms with Crippen LogP contribution in [0.2, 0.25) is 0 Å². The molecule has 1 aromatic carbocycles. The van der Waals surface area contributed by atoms with Gasteiger partial charge in [-0.2, -0.15) is 0 Å². The van der Waals surface area contributed by atoms with Gasteiger partial charge in [-0.15, -0.1) is 0 Å². The fraction of sp³-hybridized carbons (Fsp3) is 0.500. The van der Waals surface area contributed by atoms with Crippen molar-refractivity contribution in [1.82, 2.24) is 0 Å². The molecule has 0 aliphatic rings. The zero-order chi connectivity index (χ0) is 13.1. The standard InChI is InChI=1S/C12H18O4S/c1-4-11(17(3,14)15)12(13)9-5-7-10(16-2)8-6-9/h5-8,11-13H,4H2,1-3H3/t11-,12-/m0/s1. The van der Waals surface area contributed by atoms with E-state index in [2.05, 4.69) is 0 Å². The maximum Gasteiger partial charge on any atom is 0.153 e. The normalized spacial score (nSPS) is 15.3. The Morgan fingerprint density at radius 3 is 2.18 bits per heavy atom. The van der Waals surface area contributed by atoms with E-state index in [1.54, 1.807) is 38.3 Å². The average molecular weight is 258 g/mol. The van der Waals surface area contributed by atoms with E-state index in [0.717, 1.165) is 6.26 Å². The van der Waals surface area contributed by atoms with Crippen LogP contribution in [0.25, 0.3) is 0 Å². The third kappa shape index (κ3) is 3.44. The molecule has 1 N–H and O–H groups in total. The summed E-state index contributed by atoms with van der Waals surface area (Å²) in [5.41, 5.74) is 0.586. The summed E-state index contributed by atoms with van der Waals surface area (Å²) in [5.74, 6) is 0.674. The molecule has 2 atom stereocenters. The Morgan fingerprint density at radius 1 is 1.29 bits per heavy atom. The van der Waals surface area contributed by atoms with Crippen molar-refractivity contribution in [3.63, 3.8) is 0 Å². The van der Waals surface area contributed by atoms with E-state index in [9.17, 15) is 13.5 Å². The van der Waals surface area contributed by atoms with Crippen LogP contribution < -0.4 is 4.74 Å². The molecule has 0 fully saturated rings. The molecule has 5 heteroatoms. The zero-order valence-electron chi connectivity index (χ0n) is 10.3. The van der Waals surface area contributed by atoms with Crippen molar-refractivity contribution >= 4 is 9.84 Å². The van der Waals surface area contributed by atoms with Gasteiger partial charge in [0.25, 0.3) is 0 Å². The van der Waals surface area contributed by atoms with Gasteiger partial charge < -0.3 is 9.84 Å². The predicted molar refractivity (Wildman–Crippen MR) is 66.9 cm³/mol. The summed E-state index contributed by atoms with van der Waals surface area (Å²) in [6, 6.07) is 6.76. The minimum absolute atomic E-state index is 0.381. The fourth-order valence-corrected chi connectivity index (χ4v) is 3.01. The highest BCUT2D eigenvalue weighted by molar-refractivity contribution is 7.91. The Hall–Kier alpha value is -1.07. The van der Waals surface area contributed by atoms with E-state index in [0.29, 0.717) is 17.7 Å². The van der Waals surface area contributed by atoms with E-state index in [4.69, 9.17) is 4.74 Å². The summed E-state index contributed by atoms with van der Waals surface area (Å²) >= 11 is 0. The number of hydrogen-bond acceptors (Lipinski definition) is 4. The van der Waals surface area contributed by atoms with Gasteiger partial charge in [0.1, 0.15) is 5.75 Å². The average Bonchev–Trinajstić information content (AvgIpc) is 2.28. The highest BCUT2D eigenvalue weighted by Gasteiger charge is 2.28. The Labute approximate surface area is 102 Å². The van der Waals surface area contributed by atoms with Gasteiger partial charge >= 0.3 is 0 Å². The van der Waals surface area contributed by atoms with E-state index < -0.39 is 21.2 Å². The molecule has 96 valence electrons. The lowest BCUT2D eigenvalue weighted by Crippen LogP contribution is -2.26. The van der Waals surface area contributed by atoms with Crippen molar-refractivity contribution in [2.24, 2.45) is 0 Å². The number of sulfone groups is 1. The molecule has 0 unspecified atom stereocenters. The van der Waals surface area contributed by atoms with Gasteiger partial charge in [0.05, 0.1) is 18.5 Å². The van der Waals surface area contributed by atoms with Crippen molar-refractivity contribution in [3.8, 4) is 5.75 Å². The Morgan fingerprint density at radius 2 is 1.82 bits per heavy atom. The first-order valence-electron chi connectivity index (χ1n) is 5.41. The molecule has 0 aliphatic carbocycles. The Balaban J connectivity index is 2.98. The van der Waals surface area contributed by atoms with Crippen LogP contribution in [-0.2, 0) is 9.84 Å². The first kappa shape index (κ1) is 14.0. The van der Waals surface area contributed by atoms with E-state index >= 15 is 0 Å². The Bertz CT molecular complexity index is 450. The van der Waals surface area contributed by atoms with Crippen LogP contribution in [0.5, 0.6) is 5.75 Å². The molecule has 1 aromatic rings. The molecular formula is C12H18O4S. The van der Waals surface area contributed by atoms with Gasteiger partial charge in [0.15, 0.2) is 9.84 Å². The molecular weight excluding hydrogens is 240 g/mol. The predicted octanol–water partition coefficient (Wildman–Crippen LogP) is 1.55. The van der Waals surface area contributed by atoms with Crippen molar-refractivity contribution in [2.45, 2.75) is 24.7 Å².